The van der Waals surface area contributed by atoms with Gasteiger partial charge in [-0.1, -0.05) is 48.0 Å². The number of tetrazole rings is 1. The van der Waals surface area contributed by atoms with E-state index in [4.69, 9.17) is 11.6 Å². The van der Waals surface area contributed by atoms with E-state index in [1.807, 2.05) is 30.3 Å². The molecular formula is C15H11ClN4O2S. The summed E-state index contributed by atoms with van der Waals surface area (Å²) in [6.45, 7) is 0. The number of hydrogen-bond acceptors (Lipinski definition) is 5. The minimum atomic E-state index is -3.88. The van der Waals surface area contributed by atoms with Crippen molar-refractivity contribution in [2.45, 2.75) is 4.90 Å². The van der Waals surface area contributed by atoms with Gasteiger partial charge in [-0.25, -0.2) is 0 Å². The van der Waals surface area contributed by atoms with E-state index < -0.39 is 10.0 Å². The lowest BCUT2D eigenvalue weighted by Gasteiger charge is -2.04. The first kappa shape index (κ1) is 15.4. The van der Waals surface area contributed by atoms with Gasteiger partial charge in [-0.2, -0.15) is 8.42 Å². The normalized spacial score (nSPS) is 11.9. The summed E-state index contributed by atoms with van der Waals surface area (Å²) in [6, 6.07) is 15.2. The van der Waals surface area contributed by atoms with Crippen LogP contribution in [0.25, 0.3) is 12.2 Å². The van der Waals surface area contributed by atoms with Crippen LogP contribution < -0.4 is 0 Å². The van der Waals surface area contributed by atoms with Crippen LogP contribution in [0, 0.1) is 0 Å². The van der Waals surface area contributed by atoms with Gasteiger partial charge in [0, 0.05) is 5.02 Å². The van der Waals surface area contributed by atoms with Crippen molar-refractivity contribution in [1.82, 2.24) is 19.6 Å². The Morgan fingerprint density at radius 2 is 1.65 bits per heavy atom. The second-order valence-corrected chi connectivity index (χ2v) is 6.79. The van der Waals surface area contributed by atoms with Crippen LogP contribution in [0.4, 0.5) is 0 Å². The first-order valence-corrected chi connectivity index (χ1v) is 8.42. The zero-order valence-electron chi connectivity index (χ0n) is 11.7. The summed E-state index contributed by atoms with van der Waals surface area (Å²) >= 11 is 5.78. The number of aromatic nitrogens is 4. The Balaban J connectivity index is 1.97. The molecular weight excluding hydrogens is 336 g/mol. The molecule has 3 rings (SSSR count). The quantitative estimate of drug-likeness (QED) is 0.725. The fraction of sp³-hybridized carbons (Fsp3) is 0. The third-order valence-corrected chi connectivity index (χ3v) is 4.86. The van der Waals surface area contributed by atoms with Crippen LogP contribution in [0.3, 0.4) is 0 Å². The Morgan fingerprint density at radius 3 is 2.35 bits per heavy atom. The molecule has 0 spiro atoms. The molecule has 1 aromatic heterocycles. The summed E-state index contributed by atoms with van der Waals surface area (Å²) in [5.41, 5.74) is 0.908. The molecule has 8 heteroatoms. The second kappa shape index (κ2) is 6.31. The first-order valence-electron chi connectivity index (χ1n) is 6.60. The maximum absolute atomic E-state index is 12.6. The number of nitrogens with zero attached hydrogens (tertiary/aromatic N) is 4. The highest BCUT2D eigenvalue weighted by Crippen LogP contribution is 2.17. The monoisotopic (exact) mass is 346 g/mol. The molecule has 0 radical (unpaired) electrons. The predicted octanol–water partition coefficient (Wildman–Crippen LogP) is 2.73. The lowest BCUT2D eigenvalue weighted by molar-refractivity contribution is 0.576. The van der Waals surface area contributed by atoms with Crippen molar-refractivity contribution in [3.05, 3.63) is 71.0 Å². The van der Waals surface area contributed by atoms with Crippen molar-refractivity contribution in [1.29, 1.82) is 0 Å². The molecule has 3 aromatic rings. The highest BCUT2D eigenvalue weighted by Gasteiger charge is 2.21. The SMILES string of the molecule is O=S(=O)(c1ccc(Cl)cc1)n1nnnc1/C=C/c1ccccc1. The van der Waals surface area contributed by atoms with E-state index in [-0.39, 0.29) is 10.7 Å². The molecule has 0 bridgehead atoms. The van der Waals surface area contributed by atoms with Gasteiger partial charge in [0.05, 0.1) is 4.90 Å². The Hall–Kier alpha value is -2.51. The van der Waals surface area contributed by atoms with E-state index in [1.54, 1.807) is 12.2 Å². The van der Waals surface area contributed by atoms with Crippen LogP contribution in [-0.2, 0) is 10.0 Å². The summed E-state index contributed by atoms with van der Waals surface area (Å²) in [7, 11) is -3.88. The van der Waals surface area contributed by atoms with Crippen molar-refractivity contribution in [3.63, 3.8) is 0 Å². The van der Waals surface area contributed by atoms with Crippen LogP contribution in [0.5, 0.6) is 0 Å². The summed E-state index contributed by atoms with van der Waals surface area (Å²) in [5.74, 6) is 0.115. The van der Waals surface area contributed by atoms with Crippen molar-refractivity contribution < 1.29 is 8.42 Å². The van der Waals surface area contributed by atoms with Gasteiger partial charge in [-0.05, 0) is 46.3 Å². The smallest absolute Gasteiger partial charge is 0.199 e. The molecule has 1 heterocycles. The van der Waals surface area contributed by atoms with Crippen LogP contribution in [0.15, 0.2) is 59.5 Å². The molecule has 0 aliphatic carbocycles. The highest BCUT2D eigenvalue weighted by molar-refractivity contribution is 7.89. The van der Waals surface area contributed by atoms with Gasteiger partial charge in [0.15, 0.2) is 5.82 Å². The minimum absolute atomic E-state index is 0.0589. The fourth-order valence-electron chi connectivity index (χ4n) is 1.90. The Labute approximate surface area is 138 Å². The van der Waals surface area contributed by atoms with Crippen LogP contribution >= 0.6 is 11.6 Å². The van der Waals surface area contributed by atoms with E-state index >= 15 is 0 Å². The number of rotatable bonds is 4. The molecule has 23 heavy (non-hydrogen) atoms. The predicted molar refractivity (Wildman–Crippen MR) is 87.2 cm³/mol. The molecule has 0 saturated heterocycles. The molecule has 2 aromatic carbocycles. The van der Waals surface area contributed by atoms with Crippen molar-refractivity contribution in [3.8, 4) is 0 Å². The summed E-state index contributed by atoms with van der Waals surface area (Å²) < 4.78 is 26.0. The van der Waals surface area contributed by atoms with Crippen LogP contribution in [-0.4, -0.2) is 28.0 Å². The molecule has 0 amide bonds. The summed E-state index contributed by atoms with van der Waals surface area (Å²) in [4.78, 5) is 0.0589. The Kier molecular flexibility index (Phi) is 4.22. The van der Waals surface area contributed by atoms with Crippen molar-refractivity contribution in [2.75, 3.05) is 0 Å². The third kappa shape index (κ3) is 3.30. The molecule has 0 unspecified atom stereocenters. The molecule has 0 aliphatic heterocycles. The molecule has 0 N–H and O–H groups in total. The minimum Gasteiger partial charge on any atom is -0.199 e. The van der Waals surface area contributed by atoms with Gasteiger partial charge < -0.3 is 0 Å². The Morgan fingerprint density at radius 1 is 0.957 bits per heavy atom. The fourth-order valence-corrected chi connectivity index (χ4v) is 3.17. The molecule has 0 aliphatic rings. The van der Waals surface area contributed by atoms with E-state index in [1.165, 1.54) is 24.3 Å². The van der Waals surface area contributed by atoms with E-state index in [0.29, 0.717) is 5.02 Å². The van der Waals surface area contributed by atoms with E-state index in [0.717, 1.165) is 9.65 Å². The standard InChI is InChI=1S/C15H11ClN4O2S/c16-13-7-9-14(10-8-13)23(21,22)20-15(17-18-19-20)11-6-12-4-2-1-3-5-12/h1-11H/b11-6+. The van der Waals surface area contributed by atoms with Crippen LogP contribution in [0.2, 0.25) is 5.02 Å². The lowest BCUT2D eigenvalue weighted by atomic mass is 10.2. The number of halogens is 1. The third-order valence-electron chi connectivity index (χ3n) is 3.03. The number of hydrogen-bond donors (Lipinski definition) is 0. The zero-order chi connectivity index (χ0) is 16.3. The van der Waals surface area contributed by atoms with Gasteiger partial charge in [-0.3, -0.25) is 0 Å². The summed E-state index contributed by atoms with van der Waals surface area (Å²) in [5, 5.41) is 11.2. The second-order valence-electron chi connectivity index (χ2n) is 4.58. The van der Waals surface area contributed by atoms with E-state index in [2.05, 4.69) is 15.5 Å². The summed E-state index contributed by atoms with van der Waals surface area (Å²) in [6.07, 6.45) is 3.28. The highest BCUT2D eigenvalue weighted by atomic mass is 35.5. The Bertz CT molecular complexity index is 935. The van der Waals surface area contributed by atoms with E-state index in [9.17, 15) is 8.42 Å². The van der Waals surface area contributed by atoms with Crippen molar-refractivity contribution in [2.24, 2.45) is 0 Å². The molecule has 6 nitrogen and oxygen atoms in total. The molecule has 116 valence electrons. The lowest BCUT2D eigenvalue weighted by Crippen LogP contribution is -2.16. The number of benzene rings is 2. The van der Waals surface area contributed by atoms with Gasteiger partial charge in [-0.15, -0.1) is 9.19 Å². The molecule has 0 saturated carbocycles. The maximum Gasteiger partial charge on any atom is 0.286 e. The topological polar surface area (TPSA) is 77.7 Å². The van der Waals surface area contributed by atoms with Gasteiger partial charge in [0.1, 0.15) is 0 Å². The van der Waals surface area contributed by atoms with Gasteiger partial charge in [0.2, 0.25) is 0 Å². The maximum atomic E-state index is 12.6. The van der Waals surface area contributed by atoms with Crippen LogP contribution in [0.1, 0.15) is 11.4 Å². The largest absolute Gasteiger partial charge is 0.286 e. The van der Waals surface area contributed by atoms with Gasteiger partial charge in [0.25, 0.3) is 10.0 Å². The molecule has 0 fully saturated rings. The van der Waals surface area contributed by atoms with Gasteiger partial charge >= 0.3 is 0 Å². The average molecular weight is 347 g/mol. The zero-order valence-corrected chi connectivity index (χ0v) is 13.3. The molecule has 0 atom stereocenters. The van der Waals surface area contributed by atoms with Crippen molar-refractivity contribution >= 4 is 33.8 Å². The average Bonchev–Trinajstić information content (AvgIpc) is 3.04. The first-order chi connectivity index (χ1) is 11.1.